The van der Waals surface area contributed by atoms with Crippen LogP contribution < -0.4 is 11.1 Å². The second-order valence-electron chi connectivity index (χ2n) is 5.14. The Labute approximate surface area is 138 Å². The van der Waals surface area contributed by atoms with Crippen LogP contribution in [0, 0.1) is 0 Å². The zero-order valence-corrected chi connectivity index (χ0v) is 12.7. The molecule has 0 aliphatic carbocycles. The van der Waals surface area contributed by atoms with E-state index < -0.39 is 53.3 Å². The summed E-state index contributed by atoms with van der Waals surface area (Å²) in [6, 6.07) is -0.299. The summed E-state index contributed by atoms with van der Waals surface area (Å²) in [7, 11) is 0. The molecule has 1 atom stereocenters. The molecule has 0 bridgehead atoms. The average Bonchev–Trinajstić information content (AvgIpc) is 2.44. The number of alkyl halides is 6. The van der Waals surface area contributed by atoms with Gasteiger partial charge in [0.05, 0.1) is 17.5 Å². The highest BCUT2D eigenvalue weighted by atomic mass is 19.4. The summed E-state index contributed by atoms with van der Waals surface area (Å²) in [5.74, 6) is -1.86. The molecule has 10 heteroatoms. The third-order valence-electron chi connectivity index (χ3n) is 3.09. The molecule has 0 aliphatic rings. The van der Waals surface area contributed by atoms with Crippen molar-refractivity contribution in [3.8, 4) is 0 Å². The van der Waals surface area contributed by atoms with Crippen molar-refractivity contribution in [3.05, 3.63) is 47.5 Å². The average molecular weight is 368 g/mol. The highest BCUT2D eigenvalue weighted by Crippen LogP contribution is 2.36. The highest BCUT2D eigenvalue weighted by molar-refractivity contribution is 5.87. The van der Waals surface area contributed by atoms with Crippen LogP contribution in [0.3, 0.4) is 0 Å². The monoisotopic (exact) mass is 368 g/mol. The van der Waals surface area contributed by atoms with E-state index in [1.807, 2.05) is 0 Å². The topological polar surface area (TPSA) is 72.2 Å². The van der Waals surface area contributed by atoms with E-state index in [0.29, 0.717) is 12.1 Å². The van der Waals surface area contributed by atoms with Crippen molar-refractivity contribution in [2.45, 2.75) is 31.2 Å². The number of amides is 2. The van der Waals surface area contributed by atoms with E-state index in [0.717, 1.165) is 0 Å². The predicted molar refractivity (Wildman–Crippen MR) is 76.1 cm³/mol. The summed E-state index contributed by atoms with van der Waals surface area (Å²) < 4.78 is 76.5. The number of benzene rings is 1. The van der Waals surface area contributed by atoms with E-state index in [4.69, 9.17) is 5.73 Å². The zero-order chi connectivity index (χ0) is 19.4. The van der Waals surface area contributed by atoms with E-state index in [1.165, 1.54) is 6.08 Å². The van der Waals surface area contributed by atoms with Crippen LogP contribution in [-0.4, -0.2) is 17.9 Å². The number of hydrogen-bond donors (Lipinski definition) is 2. The second kappa shape index (κ2) is 7.58. The van der Waals surface area contributed by atoms with Gasteiger partial charge < -0.3 is 11.1 Å². The van der Waals surface area contributed by atoms with Crippen LogP contribution in [0.5, 0.6) is 0 Å². The summed E-state index contributed by atoms with van der Waals surface area (Å²) in [6.07, 6.45) is -9.55. The SMILES string of the molecule is C=CC[C@H](NC(=O)Cc1cc(C(F)(F)F)cc(C(F)(F)F)c1)C(N)=O. The van der Waals surface area contributed by atoms with E-state index in [9.17, 15) is 35.9 Å². The maximum absolute atomic E-state index is 12.7. The molecule has 3 N–H and O–H groups in total. The van der Waals surface area contributed by atoms with Gasteiger partial charge in [-0.15, -0.1) is 6.58 Å². The molecular weight excluding hydrogens is 354 g/mol. The summed E-state index contributed by atoms with van der Waals surface area (Å²) in [6.45, 7) is 3.34. The normalized spacial score (nSPS) is 13.2. The first kappa shape index (κ1) is 20.5. The molecule has 1 aromatic rings. The van der Waals surface area contributed by atoms with Crippen LogP contribution in [0.15, 0.2) is 30.9 Å². The van der Waals surface area contributed by atoms with Crippen molar-refractivity contribution in [2.75, 3.05) is 0 Å². The molecule has 4 nitrogen and oxygen atoms in total. The third kappa shape index (κ3) is 6.12. The number of nitrogens with two attached hydrogens (primary N) is 1. The number of carbonyl (C=O) groups is 2. The van der Waals surface area contributed by atoms with Gasteiger partial charge in [0.2, 0.25) is 11.8 Å². The fourth-order valence-electron chi connectivity index (χ4n) is 1.97. The number of carbonyl (C=O) groups excluding carboxylic acids is 2. The van der Waals surface area contributed by atoms with Gasteiger partial charge in [-0.1, -0.05) is 6.08 Å². The largest absolute Gasteiger partial charge is 0.416 e. The quantitative estimate of drug-likeness (QED) is 0.599. The molecule has 25 heavy (non-hydrogen) atoms. The number of halogens is 6. The molecule has 0 radical (unpaired) electrons. The minimum absolute atomic E-state index is 0.0303. The molecule has 2 amide bonds. The fourth-order valence-corrected chi connectivity index (χ4v) is 1.97. The minimum Gasteiger partial charge on any atom is -0.368 e. The predicted octanol–water partition coefficient (Wildman–Crippen LogP) is 2.81. The Balaban J connectivity index is 3.10. The van der Waals surface area contributed by atoms with Crippen molar-refractivity contribution >= 4 is 11.8 Å². The van der Waals surface area contributed by atoms with Gasteiger partial charge >= 0.3 is 12.4 Å². The Morgan fingerprint density at radius 1 is 1.08 bits per heavy atom. The maximum atomic E-state index is 12.7. The van der Waals surface area contributed by atoms with Gasteiger partial charge in [0, 0.05) is 0 Å². The van der Waals surface area contributed by atoms with Crippen LogP contribution in [-0.2, 0) is 28.4 Å². The van der Waals surface area contributed by atoms with Gasteiger partial charge in [-0.25, -0.2) is 0 Å². The summed E-state index contributed by atoms with van der Waals surface area (Å²) in [5.41, 5.74) is 1.48. The molecule has 0 fully saturated rings. The van der Waals surface area contributed by atoms with Crippen LogP contribution >= 0.6 is 0 Å². The Bertz CT molecular complexity index is 635. The van der Waals surface area contributed by atoms with Crippen molar-refractivity contribution < 1.29 is 35.9 Å². The molecule has 0 saturated heterocycles. The molecule has 0 aromatic heterocycles. The maximum Gasteiger partial charge on any atom is 0.416 e. The molecule has 1 aromatic carbocycles. The first-order valence-corrected chi connectivity index (χ1v) is 6.82. The molecule has 0 unspecified atom stereocenters. The number of hydrogen-bond acceptors (Lipinski definition) is 2. The van der Waals surface area contributed by atoms with E-state index in [2.05, 4.69) is 11.9 Å². The van der Waals surface area contributed by atoms with Crippen molar-refractivity contribution in [1.29, 1.82) is 0 Å². The minimum atomic E-state index is -5.01. The van der Waals surface area contributed by atoms with Crippen molar-refractivity contribution in [2.24, 2.45) is 5.73 Å². The fraction of sp³-hybridized carbons (Fsp3) is 0.333. The molecule has 1 rings (SSSR count). The summed E-state index contributed by atoms with van der Waals surface area (Å²) >= 11 is 0. The third-order valence-corrected chi connectivity index (χ3v) is 3.09. The van der Waals surface area contributed by atoms with E-state index >= 15 is 0 Å². The Morgan fingerprint density at radius 3 is 1.92 bits per heavy atom. The van der Waals surface area contributed by atoms with Crippen LogP contribution in [0.2, 0.25) is 0 Å². The highest BCUT2D eigenvalue weighted by Gasteiger charge is 2.37. The van der Waals surface area contributed by atoms with Gasteiger partial charge in [0.25, 0.3) is 0 Å². The second-order valence-corrected chi connectivity index (χ2v) is 5.14. The standard InChI is InChI=1S/C15H14F6N2O2/c1-2-3-11(13(22)25)23-12(24)6-8-4-9(14(16,17)18)7-10(5-8)15(19,20)21/h2,4-5,7,11H,1,3,6H2,(H2,22,25)(H,23,24)/t11-/m0/s1. The lowest BCUT2D eigenvalue weighted by molar-refractivity contribution is -0.143. The lowest BCUT2D eigenvalue weighted by Crippen LogP contribution is -2.44. The van der Waals surface area contributed by atoms with Gasteiger partial charge in [0.15, 0.2) is 0 Å². The Hall–Kier alpha value is -2.52. The smallest absolute Gasteiger partial charge is 0.368 e. The van der Waals surface area contributed by atoms with Crippen LogP contribution in [0.1, 0.15) is 23.1 Å². The molecule has 138 valence electrons. The molecule has 0 spiro atoms. The van der Waals surface area contributed by atoms with E-state index in [1.54, 1.807) is 0 Å². The van der Waals surface area contributed by atoms with E-state index in [-0.39, 0.29) is 12.5 Å². The van der Waals surface area contributed by atoms with Gasteiger partial charge in [-0.3, -0.25) is 9.59 Å². The lowest BCUT2D eigenvalue weighted by atomic mass is 10.0. The first-order valence-electron chi connectivity index (χ1n) is 6.82. The van der Waals surface area contributed by atoms with Gasteiger partial charge in [0.1, 0.15) is 6.04 Å². The number of primary amides is 1. The molecule has 0 aliphatic heterocycles. The van der Waals surface area contributed by atoms with Crippen molar-refractivity contribution in [1.82, 2.24) is 5.32 Å². The molecular formula is C15H14F6N2O2. The van der Waals surface area contributed by atoms with Crippen LogP contribution in [0.4, 0.5) is 26.3 Å². The number of nitrogens with one attached hydrogen (secondary N) is 1. The molecule has 0 saturated carbocycles. The van der Waals surface area contributed by atoms with Gasteiger partial charge in [-0.2, -0.15) is 26.3 Å². The van der Waals surface area contributed by atoms with Gasteiger partial charge in [-0.05, 0) is 30.2 Å². The lowest BCUT2D eigenvalue weighted by Gasteiger charge is -2.16. The number of rotatable bonds is 6. The Kier molecular flexibility index (Phi) is 6.22. The van der Waals surface area contributed by atoms with Crippen LogP contribution in [0.25, 0.3) is 0 Å². The first-order chi connectivity index (χ1) is 11.3. The summed E-state index contributed by atoms with van der Waals surface area (Å²) in [5, 5.41) is 2.14. The zero-order valence-electron chi connectivity index (χ0n) is 12.7. The molecule has 0 heterocycles. The summed E-state index contributed by atoms with van der Waals surface area (Å²) in [4.78, 5) is 22.9. The Morgan fingerprint density at radius 2 is 1.56 bits per heavy atom. The van der Waals surface area contributed by atoms with Crippen molar-refractivity contribution in [3.63, 3.8) is 0 Å².